The summed E-state index contributed by atoms with van der Waals surface area (Å²) in [6, 6.07) is 9.73. The van der Waals surface area contributed by atoms with Crippen LogP contribution < -0.4 is 10.1 Å². The summed E-state index contributed by atoms with van der Waals surface area (Å²) in [6.45, 7) is 7.93. The fraction of sp³-hybridized carbons (Fsp3) is 0.333. The molecule has 0 atom stereocenters. The summed E-state index contributed by atoms with van der Waals surface area (Å²) in [5, 5.41) is 3.19. The van der Waals surface area contributed by atoms with E-state index >= 15 is 0 Å². The van der Waals surface area contributed by atoms with Gasteiger partial charge in [0.2, 0.25) is 5.95 Å². The lowest BCUT2D eigenvalue weighted by Gasteiger charge is -2.11. The van der Waals surface area contributed by atoms with Gasteiger partial charge in [-0.2, -0.15) is 0 Å². The zero-order valence-corrected chi connectivity index (χ0v) is 11.8. The van der Waals surface area contributed by atoms with Gasteiger partial charge in [-0.25, -0.2) is 9.97 Å². The Morgan fingerprint density at radius 2 is 1.58 bits per heavy atom. The van der Waals surface area contributed by atoms with E-state index in [2.05, 4.69) is 15.3 Å². The van der Waals surface area contributed by atoms with E-state index in [1.165, 1.54) is 0 Å². The molecule has 19 heavy (non-hydrogen) atoms. The molecule has 0 aliphatic heterocycles. The maximum absolute atomic E-state index is 5.60. The largest absolute Gasteiger partial charge is 0.491 e. The smallest absolute Gasteiger partial charge is 0.227 e. The van der Waals surface area contributed by atoms with Crippen LogP contribution in [0, 0.1) is 13.8 Å². The van der Waals surface area contributed by atoms with Gasteiger partial charge in [0, 0.05) is 17.1 Å². The molecule has 0 spiro atoms. The van der Waals surface area contributed by atoms with Crippen LogP contribution >= 0.6 is 0 Å². The summed E-state index contributed by atoms with van der Waals surface area (Å²) in [5.41, 5.74) is 2.85. The quantitative estimate of drug-likeness (QED) is 0.908. The van der Waals surface area contributed by atoms with Crippen LogP contribution in [0.1, 0.15) is 25.2 Å². The molecular formula is C15H19N3O. The highest BCUT2D eigenvalue weighted by Crippen LogP contribution is 2.19. The van der Waals surface area contributed by atoms with Crippen molar-refractivity contribution in [3.63, 3.8) is 0 Å². The first-order valence-electron chi connectivity index (χ1n) is 6.39. The van der Waals surface area contributed by atoms with Crippen molar-refractivity contribution in [2.45, 2.75) is 33.8 Å². The van der Waals surface area contributed by atoms with E-state index in [0.29, 0.717) is 5.95 Å². The second-order valence-electron chi connectivity index (χ2n) is 4.79. The average molecular weight is 257 g/mol. The molecule has 0 saturated carbocycles. The molecule has 0 aliphatic carbocycles. The first-order valence-corrected chi connectivity index (χ1v) is 6.39. The molecule has 0 saturated heterocycles. The predicted molar refractivity (Wildman–Crippen MR) is 77.0 cm³/mol. The van der Waals surface area contributed by atoms with Crippen LogP contribution in [0.2, 0.25) is 0 Å². The van der Waals surface area contributed by atoms with Crippen molar-refractivity contribution in [1.82, 2.24) is 9.97 Å². The zero-order chi connectivity index (χ0) is 13.8. The molecule has 2 aromatic rings. The number of aryl methyl sites for hydroxylation is 2. The number of nitrogens with one attached hydrogen (secondary N) is 1. The van der Waals surface area contributed by atoms with Crippen molar-refractivity contribution < 1.29 is 4.74 Å². The summed E-state index contributed by atoms with van der Waals surface area (Å²) in [5.74, 6) is 1.48. The van der Waals surface area contributed by atoms with E-state index in [1.54, 1.807) is 0 Å². The molecule has 1 aromatic carbocycles. The minimum Gasteiger partial charge on any atom is -0.491 e. The third kappa shape index (κ3) is 3.95. The van der Waals surface area contributed by atoms with Crippen molar-refractivity contribution in [3.8, 4) is 5.75 Å². The second-order valence-corrected chi connectivity index (χ2v) is 4.79. The topological polar surface area (TPSA) is 47.0 Å². The van der Waals surface area contributed by atoms with E-state index in [-0.39, 0.29) is 6.10 Å². The molecule has 1 N–H and O–H groups in total. The van der Waals surface area contributed by atoms with Crippen molar-refractivity contribution in [2.24, 2.45) is 0 Å². The summed E-state index contributed by atoms with van der Waals surface area (Å²) >= 11 is 0. The van der Waals surface area contributed by atoms with Gasteiger partial charge in [0.05, 0.1) is 6.10 Å². The molecule has 0 unspecified atom stereocenters. The van der Waals surface area contributed by atoms with Crippen molar-refractivity contribution >= 4 is 11.6 Å². The summed E-state index contributed by atoms with van der Waals surface area (Å²) in [7, 11) is 0. The SMILES string of the molecule is Cc1cc(C)nc(Nc2ccc(OC(C)C)cc2)n1. The minimum absolute atomic E-state index is 0.182. The molecule has 1 heterocycles. The molecule has 0 fully saturated rings. The molecule has 1 aromatic heterocycles. The number of hydrogen-bond donors (Lipinski definition) is 1. The third-order valence-corrected chi connectivity index (χ3v) is 2.46. The van der Waals surface area contributed by atoms with Crippen LogP contribution in [0.15, 0.2) is 30.3 Å². The first-order chi connectivity index (χ1) is 9.02. The van der Waals surface area contributed by atoms with Crippen molar-refractivity contribution in [2.75, 3.05) is 5.32 Å². The Bertz CT molecular complexity index is 530. The van der Waals surface area contributed by atoms with Crippen LogP contribution in [-0.2, 0) is 0 Å². The Hall–Kier alpha value is -2.10. The van der Waals surface area contributed by atoms with Gasteiger partial charge in [-0.15, -0.1) is 0 Å². The second kappa shape index (κ2) is 5.69. The lowest BCUT2D eigenvalue weighted by molar-refractivity contribution is 0.242. The molecule has 0 radical (unpaired) electrons. The van der Waals surface area contributed by atoms with Gasteiger partial charge in [0.15, 0.2) is 0 Å². The maximum Gasteiger partial charge on any atom is 0.227 e. The molecule has 100 valence electrons. The molecular weight excluding hydrogens is 238 g/mol. The highest BCUT2D eigenvalue weighted by Gasteiger charge is 2.01. The fourth-order valence-electron chi connectivity index (χ4n) is 1.80. The average Bonchev–Trinajstić information content (AvgIpc) is 2.29. The van der Waals surface area contributed by atoms with E-state index in [9.17, 15) is 0 Å². The molecule has 4 nitrogen and oxygen atoms in total. The number of rotatable bonds is 4. The van der Waals surface area contributed by atoms with Crippen LogP contribution in [-0.4, -0.2) is 16.1 Å². The van der Waals surface area contributed by atoms with Gasteiger partial charge < -0.3 is 10.1 Å². The highest BCUT2D eigenvalue weighted by molar-refractivity contribution is 5.54. The highest BCUT2D eigenvalue weighted by atomic mass is 16.5. The third-order valence-electron chi connectivity index (χ3n) is 2.46. The number of aromatic nitrogens is 2. The predicted octanol–water partition coefficient (Wildman–Crippen LogP) is 3.62. The van der Waals surface area contributed by atoms with Gasteiger partial charge in [-0.05, 0) is 58.0 Å². The number of anilines is 2. The Balaban J connectivity index is 2.10. The molecule has 0 amide bonds. The lowest BCUT2D eigenvalue weighted by atomic mass is 10.3. The first kappa shape index (κ1) is 13.3. The maximum atomic E-state index is 5.60. The molecule has 2 rings (SSSR count). The van der Waals surface area contributed by atoms with Gasteiger partial charge in [0.25, 0.3) is 0 Å². The molecule has 0 aliphatic rings. The zero-order valence-electron chi connectivity index (χ0n) is 11.8. The number of ether oxygens (including phenoxy) is 1. The Morgan fingerprint density at radius 1 is 1.00 bits per heavy atom. The lowest BCUT2D eigenvalue weighted by Crippen LogP contribution is -2.05. The monoisotopic (exact) mass is 257 g/mol. The van der Waals surface area contributed by atoms with Gasteiger partial charge in [-0.3, -0.25) is 0 Å². The van der Waals surface area contributed by atoms with Crippen LogP contribution in [0.25, 0.3) is 0 Å². The minimum atomic E-state index is 0.182. The van der Waals surface area contributed by atoms with E-state index in [1.807, 2.05) is 58.0 Å². The molecule has 0 bridgehead atoms. The summed E-state index contributed by atoms with van der Waals surface area (Å²) in [4.78, 5) is 8.69. The molecule has 4 heteroatoms. The Kier molecular flexibility index (Phi) is 4.00. The van der Waals surface area contributed by atoms with Crippen LogP contribution in [0.3, 0.4) is 0 Å². The van der Waals surface area contributed by atoms with Crippen molar-refractivity contribution in [3.05, 3.63) is 41.7 Å². The van der Waals surface area contributed by atoms with Crippen LogP contribution in [0.4, 0.5) is 11.6 Å². The normalized spacial score (nSPS) is 10.6. The van der Waals surface area contributed by atoms with Gasteiger partial charge in [0.1, 0.15) is 5.75 Å². The van der Waals surface area contributed by atoms with E-state index in [4.69, 9.17) is 4.74 Å². The van der Waals surface area contributed by atoms with Crippen LogP contribution in [0.5, 0.6) is 5.75 Å². The van der Waals surface area contributed by atoms with E-state index < -0.39 is 0 Å². The summed E-state index contributed by atoms with van der Waals surface area (Å²) in [6.07, 6.45) is 0.182. The van der Waals surface area contributed by atoms with E-state index in [0.717, 1.165) is 22.8 Å². The standard InChI is InChI=1S/C15H19N3O/c1-10(2)19-14-7-5-13(6-8-14)18-15-16-11(3)9-12(4)17-15/h5-10H,1-4H3,(H,16,17,18). The van der Waals surface area contributed by atoms with Gasteiger partial charge in [-0.1, -0.05) is 0 Å². The fourth-order valence-corrected chi connectivity index (χ4v) is 1.80. The Morgan fingerprint density at radius 3 is 2.11 bits per heavy atom. The number of nitrogens with zero attached hydrogens (tertiary/aromatic N) is 2. The summed E-state index contributed by atoms with van der Waals surface area (Å²) < 4.78 is 5.60. The number of hydrogen-bond acceptors (Lipinski definition) is 4. The van der Waals surface area contributed by atoms with Gasteiger partial charge >= 0.3 is 0 Å². The number of benzene rings is 1. The van der Waals surface area contributed by atoms with Crippen molar-refractivity contribution in [1.29, 1.82) is 0 Å². The Labute approximate surface area is 113 Å².